The van der Waals surface area contributed by atoms with E-state index in [9.17, 15) is 0 Å². The number of benzene rings is 2. The van der Waals surface area contributed by atoms with E-state index in [0.717, 1.165) is 59.4 Å². The summed E-state index contributed by atoms with van der Waals surface area (Å²) in [6, 6.07) is 17.2. The number of rotatable bonds is 3. The summed E-state index contributed by atoms with van der Waals surface area (Å²) >= 11 is 0. The van der Waals surface area contributed by atoms with Gasteiger partial charge in [-0.3, -0.25) is 4.90 Å². The fourth-order valence-corrected chi connectivity index (χ4v) is 6.21. The van der Waals surface area contributed by atoms with Crippen LogP contribution in [-0.2, 0) is 4.74 Å². The van der Waals surface area contributed by atoms with Gasteiger partial charge in [0.15, 0.2) is 5.76 Å². The number of aromatic nitrogens is 3. The molecule has 2 aromatic carbocycles. The predicted molar refractivity (Wildman–Crippen MR) is 134 cm³/mol. The lowest BCUT2D eigenvalue weighted by Crippen LogP contribution is -3.12. The van der Waals surface area contributed by atoms with E-state index in [2.05, 4.69) is 58.5 Å². The molecule has 6 heteroatoms. The molecule has 0 amide bonds. The number of nitrogens with zero attached hydrogens (tertiary/aromatic N) is 1. The van der Waals surface area contributed by atoms with Crippen LogP contribution in [0.2, 0.25) is 0 Å². The minimum Gasteiger partial charge on any atom is -0.494 e. The van der Waals surface area contributed by atoms with Crippen LogP contribution in [0.5, 0.6) is 5.75 Å². The first-order chi connectivity index (χ1) is 16.8. The number of hydrogen-bond acceptors (Lipinski definition) is 3. The molecule has 0 aliphatic carbocycles. The van der Waals surface area contributed by atoms with Gasteiger partial charge in [-0.05, 0) is 18.6 Å². The summed E-state index contributed by atoms with van der Waals surface area (Å²) < 4.78 is 11.7. The number of para-hydroxylation sites is 2. The van der Waals surface area contributed by atoms with Gasteiger partial charge in [0.2, 0.25) is 0 Å². The third-order valence-corrected chi connectivity index (χ3v) is 7.69. The second kappa shape index (κ2) is 7.37. The molecule has 3 N–H and O–H groups in total. The van der Waals surface area contributed by atoms with Crippen molar-refractivity contribution >= 4 is 44.2 Å². The van der Waals surface area contributed by atoms with Gasteiger partial charge in [0, 0.05) is 34.6 Å². The number of aromatic amines is 2. The molecule has 5 aromatic rings. The van der Waals surface area contributed by atoms with E-state index in [1.54, 1.807) is 14.2 Å². The number of ether oxygens (including phenoxy) is 2. The average molecular weight is 452 g/mol. The Balaban J connectivity index is 1.48. The second-order valence-corrected chi connectivity index (χ2v) is 9.31. The molecule has 170 valence electrons. The number of hydrogen-bond donors (Lipinski definition) is 3. The minimum absolute atomic E-state index is 0.231. The number of nitrogens with one attached hydrogen (secondary N) is 3. The average Bonchev–Trinajstić information content (AvgIpc) is 3.47. The van der Waals surface area contributed by atoms with E-state index in [1.807, 2.05) is 6.20 Å². The zero-order valence-corrected chi connectivity index (χ0v) is 19.4. The summed E-state index contributed by atoms with van der Waals surface area (Å²) in [6.07, 6.45) is 5.19. The topological polar surface area (TPSA) is 67.4 Å². The van der Waals surface area contributed by atoms with Crippen LogP contribution >= 0.6 is 0 Å². The number of quaternary nitrogens is 1. The standard InChI is InChI=1S/C28H26N4O2/c1-33-22-14-29-27(28-24(22)16-8-3-6-11-19(16)31-28)21-13-7-12-20-26-25(23(34-2)15-32(20)21)17-9-4-5-10-18(17)30-26/h3-6,8-11,14,21,30-31H,7,12-13,15H2,1-2H3/p+1. The van der Waals surface area contributed by atoms with Crippen molar-refractivity contribution < 1.29 is 14.4 Å². The Labute approximate surface area is 196 Å². The first-order valence-electron chi connectivity index (χ1n) is 11.9. The van der Waals surface area contributed by atoms with Gasteiger partial charge in [-0.1, -0.05) is 36.4 Å². The molecule has 1 fully saturated rings. The Morgan fingerprint density at radius 3 is 2.50 bits per heavy atom. The summed E-state index contributed by atoms with van der Waals surface area (Å²) in [5, 5.41) is 5.99. The second-order valence-electron chi connectivity index (χ2n) is 9.31. The van der Waals surface area contributed by atoms with Gasteiger partial charge < -0.3 is 19.4 Å². The van der Waals surface area contributed by atoms with Gasteiger partial charge in [0.05, 0.1) is 36.5 Å². The molecule has 34 heavy (non-hydrogen) atoms. The SMILES string of the molecule is COC1=c2c([nH]c3ccccc23)=C2CCCC(c3ncc(OC)c4c3[nH]c3ccccc34)[NH+]2C1. The van der Waals surface area contributed by atoms with Crippen molar-refractivity contribution in [3.05, 3.63) is 71.0 Å². The van der Waals surface area contributed by atoms with Gasteiger partial charge in [-0.25, -0.2) is 4.98 Å². The van der Waals surface area contributed by atoms with Gasteiger partial charge in [-0.2, -0.15) is 0 Å². The van der Waals surface area contributed by atoms with Crippen LogP contribution in [-0.4, -0.2) is 35.7 Å². The molecule has 6 nitrogen and oxygen atoms in total. The Bertz CT molecular complexity index is 1710. The monoisotopic (exact) mass is 451 g/mol. The Hall–Kier alpha value is -3.77. The van der Waals surface area contributed by atoms with E-state index in [4.69, 9.17) is 14.5 Å². The van der Waals surface area contributed by atoms with Crippen molar-refractivity contribution in [1.29, 1.82) is 0 Å². The third-order valence-electron chi connectivity index (χ3n) is 7.69. The van der Waals surface area contributed by atoms with E-state index in [-0.39, 0.29) is 6.04 Å². The molecule has 2 atom stereocenters. The summed E-state index contributed by atoms with van der Waals surface area (Å²) in [4.78, 5) is 13.8. The lowest BCUT2D eigenvalue weighted by atomic mass is 9.93. The van der Waals surface area contributed by atoms with Crippen molar-refractivity contribution in [1.82, 2.24) is 15.0 Å². The first kappa shape index (κ1) is 19.7. The van der Waals surface area contributed by atoms with Crippen molar-refractivity contribution in [2.45, 2.75) is 25.3 Å². The van der Waals surface area contributed by atoms with E-state index >= 15 is 0 Å². The molecule has 7 rings (SSSR count). The first-order valence-corrected chi connectivity index (χ1v) is 11.9. The van der Waals surface area contributed by atoms with Gasteiger partial charge in [-0.15, -0.1) is 0 Å². The summed E-state index contributed by atoms with van der Waals surface area (Å²) in [5.74, 6) is 1.85. The quantitative estimate of drug-likeness (QED) is 0.395. The van der Waals surface area contributed by atoms with E-state index < -0.39 is 0 Å². The maximum Gasteiger partial charge on any atom is 0.160 e. The number of methoxy groups -OCH3 is 2. The summed E-state index contributed by atoms with van der Waals surface area (Å²) in [6.45, 7) is 0.820. The van der Waals surface area contributed by atoms with Crippen LogP contribution in [0.15, 0.2) is 54.7 Å². The number of pyridine rings is 1. The summed E-state index contributed by atoms with van der Waals surface area (Å²) in [5.41, 5.74) is 5.90. The van der Waals surface area contributed by atoms with E-state index in [1.165, 1.54) is 37.5 Å². The van der Waals surface area contributed by atoms with Crippen LogP contribution < -0.4 is 20.2 Å². The fourth-order valence-electron chi connectivity index (χ4n) is 6.21. The van der Waals surface area contributed by atoms with Crippen LogP contribution in [0.1, 0.15) is 31.0 Å². The highest BCUT2D eigenvalue weighted by atomic mass is 16.5. The van der Waals surface area contributed by atoms with Crippen molar-refractivity contribution in [3.63, 3.8) is 0 Å². The molecule has 0 spiro atoms. The highest BCUT2D eigenvalue weighted by Crippen LogP contribution is 2.37. The molecule has 0 radical (unpaired) electrons. The lowest BCUT2D eigenvalue weighted by Gasteiger charge is -2.35. The fraction of sp³-hybridized carbons (Fsp3) is 0.250. The van der Waals surface area contributed by atoms with Crippen molar-refractivity contribution in [3.8, 4) is 5.75 Å². The number of fused-ring (bicyclic) bond motifs is 7. The third kappa shape index (κ3) is 2.63. The zero-order chi connectivity index (χ0) is 22.8. The molecule has 3 aromatic heterocycles. The largest absolute Gasteiger partial charge is 0.494 e. The molecule has 2 unspecified atom stereocenters. The minimum atomic E-state index is 0.231. The van der Waals surface area contributed by atoms with Gasteiger partial charge in [0.1, 0.15) is 35.1 Å². The molecule has 0 bridgehead atoms. The highest BCUT2D eigenvalue weighted by Gasteiger charge is 2.39. The van der Waals surface area contributed by atoms with Crippen LogP contribution in [0.3, 0.4) is 0 Å². The van der Waals surface area contributed by atoms with E-state index in [0.29, 0.717) is 0 Å². The molecule has 0 saturated carbocycles. The predicted octanol–water partition coefficient (Wildman–Crippen LogP) is 2.89. The summed E-state index contributed by atoms with van der Waals surface area (Å²) in [7, 11) is 3.52. The van der Waals surface area contributed by atoms with Crippen molar-refractivity contribution in [2.24, 2.45) is 0 Å². The molecule has 5 heterocycles. The van der Waals surface area contributed by atoms with Crippen LogP contribution in [0, 0.1) is 0 Å². The normalized spacial score (nSPS) is 20.1. The maximum absolute atomic E-state index is 6.00. The molecule has 2 aliphatic heterocycles. The number of H-pyrrole nitrogens is 2. The van der Waals surface area contributed by atoms with Gasteiger partial charge >= 0.3 is 0 Å². The zero-order valence-electron chi connectivity index (χ0n) is 19.4. The molecule has 2 aliphatic rings. The highest BCUT2D eigenvalue weighted by molar-refractivity contribution is 6.11. The lowest BCUT2D eigenvalue weighted by molar-refractivity contribution is -0.862. The van der Waals surface area contributed by atoms with Crippen LogP contribution in [0.4, 0.5) is 0 Å². The van der Waals surface area contributed by atoms with Crippen LogP contribution in [0.25, 0.3) is 44.2 Å². The van der Waals surface area contributed by atoms with Crippen molar-refractivity contribution in [2.75, 3.05) is 20.8 Å². The molecular formula is C28H27N4O2+. The number of piperidine rings is 1. The molecular weight excluding hydrogens is 424 g/mol. The van der Waals surface area contributed by atoms with Gasteiger partial charge in [0.25, 0.3) is 0 Å². The molecule has 1 saturated heterocycles. The Morgan fingerprint density at radius 1 is 0.941 bits per heavy atom. The maximum atomic E-state index is 6.00. The Morgan fingerprint density at radius 2 is 1.71 bits per heavy atom. The smallest absolute Gasteiger partial charge is 0.160 e. The Kier molecular flexibility index (Phi) is 4.26.